The predicted molar refractivity (Wildman–Crippen MR) is 178 cm³/mol. The van der Waals surface area contributed by atoms with Crippen LogP contribution in [0.2, 0.25) is 0 Å². The molecule has 4 aliphatic rings. The molecule has 2 aromatic carbocycles. The van der Waals surface area contributed by atoms with E-state index in [4.69, 9.17) is 9.47 Å². The first-order chi connectivity index (χ1) is 23.1. The van der Waals surface area contributed by atoms with E-state index in [0.29, 0.717) is 18.4 Å². The van der Waals surface area contributed by atoms with Gasteiger partial charge in [0, 0.05) is 19.5 Å². The maximum atomic E-state index is 14.9. The van der Waals surface area contributed by atoms with Gasteiger partial charge < -0.3 is 29.7 Å². The fraction of sp³-hybridized carbons (Fsp3) is 0.474. The molecule has 0 aliphatic carbocycles. The second kappa shape index (κ2) is 14.1. The number of aliphatic hydroxyl groups is 1. The van der Waals surface area contributed by atoms with Crippen LogP contribution in [-0.2, 0) is 35.2 Å². The van der Waals surface area contributed by atoms with Crippen LogP contribution in [0.5, 0.6) is 0 Å². The van der Waals surface area contributed by atoms with Gasteiger partial charge in [0.1, 0.15) is 23.7 Å². The first kappa shape index (κ1) is 33.6. The number of aliphatic hydroxyl groups excluding tert-OH is 1. The predicted octanol–water partition coefficient (Wildman–Crippen LogP) is 3.71. The summed E-state index contributed by atoms with van der Waals surface area (Å²) in [5, 5.41) is 13.6. The smallest absolute Gasteiger partial charge is 0.313 e. The van der Waals surface area contributed by atoms with E-state index in [1.807, 2.05) is 86.7 Å². The van der Waals surface area contributed by atoms with Gasteiger partial charge in [-0.15, -0.1) is 0 Å². The molecule has 48 heavy (non-hydrogen) atoms. The molecular weight excluding hydrogens is 610 g/mol. The van der Waals surface area contributed by atoms with Crippen molar-refractivity contribution in [3.63, 3.8) is 0 Å². The molecule has 0 aromatic heterocycles. The van der Waals surface area contributed by atoms with Crippen molar-refractivity contribution >= 4 is 23.7 Å². The van der Waals surface area contributed by atoms with Crippen molar-refractivity contribution in [3.8, 4) is 0 Å². The van der Waals surface area contributed by atoms with Crippen LogP contribution in [0.3, 0.4) is 0 Å². The number of allylic oxidation sites excluding steroid dienone is 1. The van der Waals surface area contributed by atoms with Crippen LogP contribution in [0.25, 0.3) is 0 Å². The Morgan fingerprint density at radius 3 is 2.38 bits per heavy atom. The molecule has 3 amide bonds. The van der Waals surface area contributed by atoms with Gasteiger partial charge in [0.25, 0.3) is 0 Å². The SMILES string of the molecule is CC(C)C[C@H](CO)N1C(=O)[C@@H]2[C@H]3C(=O)O[C@@H](c4ccccc4)[C@H](C)NC(=O)CC/C=C\CN(Cc4ccccc4)C(=O)[C@@H]1[C@]21C=C[C@H]3O1. The number of hydrogen-bond acceptors (Lipinski definition) is 7. The van der Waals surface area contributed by atoms with E-state index in [2.05, 4.69) is 5.32 Å². The van der Waals surface area contributed by atoms with Crippen LogP contribution >= 0.6 is 0 Å². The molecule has 10 heteroatoms. The van der Waals surface area contributed by atoms with Crippen LogP contribution in [0, 0.1) is 17.8 Å². The minimum atomic E-state index is -1.42. The molecule has 0 radical (unpaired) electrons. The van der Waals surface area contributed by atoms with Gasteiger partial charge in [0.2, 0.25) is 17.7 Å². The zero-order chi connectivity index (χ0) is 34.0. The normalized spacial score (nSPS) is 31.9. The number of rotatable bonds is 7. The third-order valence-corrected chi connectivity index (χ3v) is 9.94. The topological polar surface area (TPSA) is 125 Å². The summed E-state index contributed by atoms with van der Waals surface area (Å²) in [7, 11) is 0. The Labute approximate surface area is 281 Å². The number of nitrogens with one attached hydrogen (secondary N) is 1. The molecule has 10 nitrogen and oxygen atoms in total. The first-order valence-corrected chi connectivity index (χ1v) is 17.0. The fourth-order valence-electron chi connectivity index (χ4n) is 7.82. The Morgan fingerprint density at radius 2 is 1.69 bits per heavy atom. The van der Waals surface area contributed by atoms with Gasteiger partial charge in [0.05, 0.1) is 30.7 Å². The summed E-state index contributed by atoms with van der Waals surface area (Å²) in [5.74, 6) is -3.50. The van der Waals surface area contributed by atoms with Gasteiger partial charge in [-0.1, -0.05) is 98.8 Å². The van der Waals surface area contributed by atoms with Crippen molar-refractivity contribution in [1.29, 1.82) is 0 Å². The second-order valence-electron chi connectivity index (χ2n) is 13.8. The Bertz CT molecular complexity index is 1560. The molecule has 0 unspecified atom stereocenters. The number of ether oxygens (including phenoxy) is 2. The highest BCUT2D eigenvalue weighted by molar-refractivity contribution is 5.99. The largest absolute Gasteiger partial charge is 0.455 e. The number of esters is 1. The van der Waals surface area contributed by atoms with E-state index >= 15 is 0 Å². The number of hydrogen-bond donors (Lipinski definition) is 2. The van der Waals surface area contributed by atoms with Crippen LogP contribution < -0.4 is 5.32 Å². The molecule has 8 atom stereocenters. The van der Waals surface area contributed by atoms with Crippen molar-refractivity contribution in [2.24, 2.45) is 17.8 Å². The molecule has 2 saturated heterocycles. The monoisotopic (exact) mass is 655 g/mol. The quantitative estimate of drug-likeness (QED) is 0.344. The lowest BCUT2D eigenvalue weighted by Crippen LogP contribution is -2.58. The molecule has 0 saturated carbocycles. The van der Waals surface area contributed by atoms with E-state index in [0.717, 1.165) is 5.56 Å². The molecule has 2 N–H and O–H groups in total. The molecular formula is C38H45N3O7. The summed E-state index contributed by atoms with van der Waals surface area (Å²) < 4.78 is 12.8. The number of likely N-dealkylation sites (tertiary alicyclic amines) is 1. The van der Waals surface area contributed by atoms with Gasteiger partial charge >= 0.3 is 5.97 Å². The molecule has 4 aliphatic heterocycles. The van der Waals surface area contributed by atoms with Crippen molar-refractivity contribution in [2.45, 2.75) is 82.5 Å². The van der Waals surface area contributed by atoms with E-state index < -0.39 is 59.6 Å². The van der Waals surface area contributed by atoms with Crippen molar-refractivity contribution in [3.05, 3.63) is 96.1 Å². The average molecular weight is 656 g/mol. The van der Waals surface area contributed by atoms with E-state index in [-0.39, 0.29) is 43.8 Å². The fourth-order valence-corrected chi connectivity index (χ4v) is 7.82. The average Bonchev–Trinajstić information content (AvgIpc) is 3.72. The summed E-state index contributed by atoms with van der Waals surface area (Å²) in [6.07, 6.45) is 6.80. The zero-order valence-electron chi connectivity index (χ0n) is 27.7. The highest BCUT2D eigenvalue weighted by Crippen LogP contribution is 2.56. The van der Waals surface area contributed by atoms with Gasteiger partial charge in [-0.2, -0.15) is 0 Å². The van der Waals surface area contributed by atoms with E-state index in [9.17, 15) is 24.3 Å². The minimum absolute atomic E-state index is 0.120. The van der Waals surface area contributed by atoms with Gasteiger partial charge in [-0.25, -0.2) is 0 Å². The minimum Gasteiger partial charge on any atom is -0.455 e. The zero-order valence-corrected chi connectivity index (χ0v) is 27.7. The number of amides is 3. The maximum Gasteiger partial charge on any atom is 0.313 e. The number of carbonyl (C=O) groups is 4. The molecule has 254 valence electrons. The Balaban J connectivity index is 1.45. The lowest BCUT2D eigenvalue weighted by atomic mass is 9.74. The van der Waals surface area contributed by atoms with Crippen molar-refractivity contribution in [2.75, 3.05) is 13.2 Å². The Hall–Kier alpha value is -4.28. The second-order valence-corrected chi connectivity index (χ2v) is 13.8. The van der Waals surface area contributed by atoms with Crippen LogP contribution in [0.15, 0.2) is 85.0 Å². The van der Waals surface area contributed by atoms with Crippen molar-refractivity contribution in [1.82, 2.24) is 15.1 Å². The van der Waals surface area contributed by atoms with Gasteiger partial charge in [0.15, 0.2) is 0 Å². The molecule has 2 aromatic rings. The van der Waals surface area contributed by atoms with Gasteiger partial charge in [-0.3, -0.25) is 19.2 Å². The highest BCUT2D eigenvalue weighted by atomic mass is 16.6. The molecule has 5 bridgehead atoms. The number of cyclic esters (lactones) is 1. The van der Waals surface area contributed by atoms with Crippen LogP contribution in [0.4, 0.5) is 0 Å². The summed E-state index contributed by atoms with van der Waals surface area (Å²) in [5.41, 5.74) is 0.193. The molecule has 2 fully saturated rings. The summed E-state index contributed by atoms with van der Waals surface area (Å²) in [6, 6.07) is 16.5. The first-order valence-electron chi connectivity index (χ1n) is 17.0. The number of carbonyl (C=O) groups excluding carboxylic acids is 4. The van der Waals surface area contributed by atoms with Crippen LogP contribution in [0.1, 0.15) is 57.3 Å². The molecule has 1 spiro atoms. The number of benzene rings is 2. The Kier molecular flexibility index (Phi) is 9.85. The van der Waals surface area contributed by atoms with E-state index in [1.165, 1.54) is 4.90 Å². The van der Waals surface area contributed by atoms with E-state index in [1.54, 1.807) is 24.0 Å². The third kappa shape index (κ3) is 6.31. The lowest BCUT2D eigenvalue weighted by molar-refractivity contribution is -0.162. The third-order valence-electron chi connectivity index (χ3n) is 9.94. The maximum absolute atomic E-state index is 14.9. The number of nitrogens with zero attached hydrogens (tertiary/aromatic N) is 2. The van der Waals surface area contributed by atoms with Gasteiger partial charge in [-0.05, 0) is 36.8 Å². The molecule has 4 heterocycles. The summed E-state index contributed by atoms with van der Waals surface area (Å²) in [6.45, 7) is 5.95. The summed E-state index contributed by atoms with van der Waals surface area (Å²) in [4.78, 5) is 60.1. The standard InChI is InChI=1S/C38H45N3O7/c1-24(2)21-28(23-42)41-34-36(45)40(22-26-13-7-4-8-14-26)20-12-6-11-17-30(43)39-25(3)33(27-15-9-5-10-16-27)47-37(46)31-29-18-19-38(34,48-29)32(31)35(41)44/h4-10,12-16,18-19,24-25,28-29,31-34,42H,11,17,20-23H2,1-3H3,(H,39,43)/b12-6-/t25-,28+,29+,31-,32-,33+,34+,38-/m0/s1. The lowest BCUT2D eigenvalue weighted by Gasteiger charge is -2.39. The number of fused-ring (bicyclic) bond motifs is 2. The van der Waals surface area contributed by atoms with Crippen LogP contribution in [-0.4, -0.2) is 81.6 Å². The molecule has 6 rings (SSSR count). The summed E-state index contributed by atoms with van der Waals surface area (Å²) >= 11 is 0. The Morgan fingerprint density at radius 1 is 0.979 bits per heavy atom. The highest BCUT2D eigenvalue weighted by Gasteiger charge is 2.74. The van der Waals surface area contributed by atoms with Crippen molar-refractivity contribution < 1.29 is 33.8 Å².